The lowest BCUT2D eigenvalue weighted by Crippen LogP contribution is -2.25. The first-order valence-corrected chi connectivity index (χ1v) is 6.60. The second kappa shape index (κ2) is 2.75. The highest BCUT2D eigenvalue weighted by Crippen LogP contribution is 2.32. The molecule has 0 unspecified atom stereocenters. The number of nitrogens with zero attached hydrogens (tertiary/aromatic N) is 2. The van der Waals surface area contributed by atoms with Gasteiger partial charge in [0.2, 0.25) is 0 Å². The van der Waals surface area contributed by atoms with Gasteiger partial charge >= 0.3 is 0 Å². The molecule has 1 aromatic heterocycles. The molecular weight excluding hydrogens is 214 g/mol. The molecule has 6 heteroatoms. The Morgan fingerprint density at radius 2 is 1.93 bits per heavy atom. The van der Waals surface area contributed by atoms with E-state index >= 15 is 0 Å². The van der Waals surface area contributed by atoms with Crippen LogP contribution >= 0.6 is 0 Å². The average Bonchev–Trinajstić information content (AvgIpc) is 2.45. The molecule has 2 N–H and O–H groups in total. The summed E-state index contributed by atoms with van der Waals surface area (Å²) >= 11 is 0. The lowest BCUT2D eigenvalue weighted by atomic mass is 10.1. The van der Waals surface area contributed by atoms with E-state index in [4.69, 9.17) is 5.73 Å². The molecule has 2 rings (SSSR count). The minimum Gasteiger partial charge on any atom is -0.382 e. The van der Waals surface area contributed by atoms with Gasteiger partial charge in [-0.1, -0.05) is 0 Å². The molecule has 0 aliphatic carbocycles. The average molecular weight is 229 g/mol. The number of sulfone groups is 1. The van der Waals surface area contributed by atoms with Crippen LogP contribution in [0.3, 0.4) is 0 Å². The number of nitrogens with two attached hydrogens (primary N) is 1. The SMILES string of the molecule is CC(C)(C)n1nc(N)c2c1CS(=O)(=O)C2. The smallest absolute Gasteiger partial charge is 0.160 e. The summed E-state index contributed by atoms with van der Waals surface area (Å²) in [5.41, 5.74) is 6.91. The second-order valence-electron chi connectivity index (χ2n) is 4.93. The molecule has 0 aromatic carbocycles. The second-order valence-corrected chi connectivity index (χ2v) is 6.99. The molecule has 0 saturated carbocycles. The fourth-order valence-corrected chi connectivity index (χ4v) is 3.41. The minimum absolute atomic E-state index is 0.0320. The fourth-order valence-electron chi connectivity index (χ4n) is 1.84. The Balaban J connectivity index is 2.62. The van der Waals surface area contributed by atoms with Gasteiger partial charge in [-0.25, -0.2) is 8.42 Å². The topological polar surface area (TPSA) is 78.0 Å². The van der Waals surface area contributed by atoms with Crippen LogP contribution in [0.5, 0.6) is 0 Å². The zero-order chi connectivity index (χ0) is 11.4. The maximum atomic E-state index is 11.5. The number of hydrogen-bond acceptors (Lipinski definition) is 4. The summed E-state index contributed by atoms with van der Waals surface area (Å²) in [5, 5.41) is 4.20. The zero-order valence-electron chi connectivity index (χ0n) is 9.11. The highest BCUT2D eigenvalue weighted by Gasteiger charge is 2.34. The van der Waals surface area contributed by atoms with Crippen molar-refractivity contribution in [2.24, 2.45) is 0 Å². The van der Waals surface area contributed by atoms with Crippen LogP contribution in [0.2, 0.25) is 0 Å². The number of nitrogen functional groups attached to an aromatic ring is 1. The normalized spacial score (nSPS) is 19.1. The van der Waals surface area contributed by atoms with Crippen LogP contribution in [0.1, 0.15) is 32.0 Å². The quantitative estimate of drug-likeness (QED) is 0.708. The Morgan fingerprint density at radius 1 is 1.33 bits per heavy atom. The van der Waals surface area contributed by atoms with E-state index in [1.54, 1.807) is 4.68 Å². The lowest BCUT2D eigenvalue weighted by Gasteiger charge is -2.21. The summed E-state index contributed by atoms with van der Waals surface area (Å²) in [6.07, 6.45) is 0. The van der Waals surface area contributed by atoms with Gasteiger partial charge in [0.05, 0.1) is 22.7 Å². The largest absolute Gasteiger partial charge is 0.382 e. The molecule has 15 heavy (non-hydrogen) atoms. The summed E-state index contributed by atoms with van der Waals surface area (Å²) < 4.78 is 24.7. The molecule has 0 atom stereocenters. The van der Waals surface area contributed by atoms with Gasteiger partial charge in [0.25, 0.3) is 0 Å². The molecule has 1 aliphatic rings. The third-order valence-electron chi connectivity index (χ3n) is 2.48. The number of hydrogen-bond donors (Lipinski definition) is 1. The molecule has 0 fully saturated rings. The van der Waals surface area contributed by atoms with Gasteiger partial charge in [0.1, 0.15) is 5.82 Å². The number of fused-ring (bicyclic) bond motifs is 1. The molecular formula is C9H15N3O2S. The van der Waals surface area contributed by atoms with Gasteiger partial charge in [-0.15, -0.1) is 0 Å². The van der Waals surface area contributed by atoms with E-state index in [-0.39, 0.29) is 17.0 Å². The maximum absolute atomic E-state index is 11.5. The Bertz CT molecular complexity index is 508. The van der Waals surface area contributed by atoms with Crippen LogP contribution in [0.25, 0.3) is 0 Å². The summed E-state index contributed by atoms with van der Waals surface area (Å²) in [5.74, 6) is 0.439. The molecule has 84 valence electrons. The monoisotopic (exact) mass is 229 g/mol. The van der Waals surface area contributed by atoms with Gasteiger partial charge in [-0.05, 0) is 20.8 Å². The van der Waals surface area contributed by atoms with Gasteiger partial charge in [-0.3, -0.25) is 4.68 Å². The molecule has 0 amide bonds. The highest BCUT2D eigenvalue weighted by atomic mass is 32.2. The Hall–Kier alpha value is -1.04. The predicted octanol–water partition coefficient (Wildman–Crippen LogP) is 0.649. The Kier molecular flexibility index (Phi) is 1.92. The van der Waals surface area contributed by atoms with E-state index in [0.29, 0.717) is 11.4 Å². The van der Waals surface area contributed by atoms with Crippen LogP contribution in [0.15, 0.2) is 0 Å². The minimum atomic E-state index is -3.01. The third kappa shape index (κ3) is 1.62. The molecule has 0 spiro atoms. The van der Waals surface area contributed by atoms with Crippen LogP contribution in [0, 0.1) is 0 Å². The van der Waals surface area contributed by atoms with Crippen molar-refractivity contribution < 1.29 is 8.42 Å². The molecule has 1 aliphatic heterocycles. The first-order chi connectivity index (χ1) is 6.71. The first-order valence-electron chi connectivity index (χ1n) is 4.78. The van der Waals surface area contributed by atoms with E-state index in [1.807, 2.05) is 20.8 Å². The van der Waals surface area contributed by atoms with E-state index in [9.17, 15) is 8.42 Å². The molecule has 0 radical (unpaired) electrons. The maximum Gasteiger partial charge on any atom is 0.160 e. The summed E-state index contributed by atoms with van der Waals surface area (Å²) in [6, 6.07) is 0. The summed E-state index contributed by atoms with van der Waals surface area (Å²) in [7, 11) is -3.01. The molecule has 1 aromatic rings. The van der Waals surface area contributed by atoms with Crippen molar-refractivity contribution in [3.05, 3.63) is 11.3 Å². The molecule has 5 nitrogen and oxygen atoms in total. The van der Waals surface area contributed by atoms with E-state index in [1.165, 1.54) is 0 Å². The molecule has 2 heterocycles. The fraction of sp³-hybridized carbons (Fsp3) is 0.667. The van der Waals surface area contributed by atoms with Crippen molar-refractivity contribution >= 4 is 15.7 Å². The van der Waals surface area contributed by atoms with Crippen molar-refractivity contribution in [1.82, 2.24) is 9.78 Å². The Labute approximate surface area is 89.2 Å². The van der Waals surface area contributed by atoms with Gasteiger partial charge in [-0.2, -0.15) is 5.10 Å². The summed E-state index contributed by atoms with van der Waals surface area (Å²) in [4.78, 5) is 0. The number of aromatic nitrogens is 2. The first kappa shape index (κ1) is 10.5. The van der Waals surface area contributed by atoms with Crippen LogP contribution in [-0.2, 0) is 26.9 Å². The lowest BCUT2D eigenvalue weighted by molar-refractivity contribution is 0.348. The van der Waals surface area contributed by atoms with E-state index in [0.717, 1.165) is 5.69 Å². The van der Waals surface area contributed by atoms with Crippen molar-refractivity contribution in [2.45, 2.75) is 37.8 Å². The number of anilines is 1. The van der Waals surface area contributed by atoms with Crippen molar-refractivity contribution in [3.8, 4) is 0 Å². The van der Waals surface area contributed by atoms with Crippen LogP contribution in [0.4, 0.5) is 5.82 Å². The standard InChI is InChI=1S/C9H15N3O2S/c1-9(2,3)12-7-5-15(13,14)4-6(7)8(10)11-12/h4-5H2,1-3H3,(H2,10,11). The van der Waals surface area contributed by atoms with E-state index < -0.39 is 9.84 Å². The van der Waals surface area contributed by atoms with Crippen LogP contribution in [-0.4, -0.2) is 18.2 Å². The molecule has 0 saturated heterocycles. The van der Waals surface area contributed by atoms with Crippen molar-refractivity contribution in [2.75, 3.05) is 5.73 Å². The number of rotatable bonds is 0. The molecule has 0 bridgehead atoms. The predicted molar refractivity (Wildman–Crippen MR) is 58.0 cm³/mol. The van der Waals surface area contributed by atoms with Crippen molar-refractivity contribution in [3.63, 3.8) is 0 Å². The van der Waals surface area contributed by atoms with Crippen molar-refractivity contribution in [1.29, 1.82) is 0 Å². The van der Waals surface area contributed by atoms with Gasteiger partial charge < -0.3 is 5.73 Å². The van der Waals surface area contributed by atoms with E-state index in [2.05, 4.69) is 5.10 Å². The zero-order valence-corrected chi connectivity index (χ0v) is 9.93. The third-order valence-corrected chi connectivity index (χ3v) is 3.92. The van der Waals surface area contributed by atoms with Gasteiger partial charge in [0.15, 0.2) is 9.84 Å². The van der Waals surface area contributed by atoms with Gasteiger partial charge in [0, 0.05) is 5.56 Å². The summed E-state index contributed by atoms with van der Waals surface area (Å²) in [6.45, 7) is 5.93. The Morgan fingerprint density at radius 3 is 2.47 bits per heavy atom. The highest BCUT2D eigenvalue weighted by molar-refractivity contribution is 7.90. The van der Waals surface area contributed by atoms with Crippen LogP contribution < -0.4 is 5.73 Å².